The van der Waals surface area contributed by atoms with Crippen molar-refractivity contribution in [3.8, 4) is 0 Å². The summed E-state index contributed by atoms with van der Waals surface area (Å²) in [6, 6.07) is 0.895. The van der Waals surface area contributed by atoms with Crippen molar-refractivity contribution in [3.05, 3.63) is 36.5 Å². The minimum Gasteiger partial charge on any atom is -0.479 e. The molecular formula is C13H14N6O2. The smallest absolute Gasteiger partial charge is 0.330 e. The summed E-state index contributed by atoms with van der Waals surface area (Å²) in [6.45, 7) is 0. The highest BCUT2D eigenvalue weighted by Gasteiger charge is 2.23. The van der Waals surface area contributed by atoms with Gasteiger partial charge < -0.3 is 15.0 Å². The lowest BCUT2D eigenvalue weighted by molar-refractivity contribution is -0.138. The van der Waals surface area contributed by atoms with E-state index in [2.05, 4.69) is 20.4 Å². The summed E-state index contributed by atoms with van der Waals surface area (Å²) in [6.07, 6.45) is 6.46. The molecule has 1 atom stereocenters. The molecule has 3 aromatic rings. The number of hydrogen-bond acceptors (Lipinski definition) is 5. The molecule has 0 aliphatic rings. The SMILES string of the molecule is Cn1cc(C(Nc2nccc3c2ncn3C)C(=O)O)cn1. The Morgan fingerprint density at radius 2 is 2.19 bits per heavy atom. The zero-order valence-corrected chi connectivity index (χ0v) is 11.6. The highest BCUT2D eigenvalue weighted by molar-refractivity contribution is 5.88. The fourth-order valence-electron chi connectivity index (χ4n) is 2.18. The van der Waals surface area contributed by atoms with Gasteiger partial charge in [0.2, 0.25) is 0 Å². The third-order valence-corrected chi connectivity index (χ3v) is 3.23. The first-order valence-corrected chi connectivity index (χ1v) is 6.30. The van der Waals surface area contributed by atoms with Crippen LogP contribution in [0.5, 0.6) is 0 Å². The second-order valence-corrected chi connectivity index (χ2v) is 4.75. The van der Waals surface area contributed by atoms with E-state index in [9.17, 15) is 9.90 Å². The maximum atomic E-state index is 11.5. The first-order chi connectivity index (χ1) is 10.1. The van der Waals surface area contributed by atoms with Crippen LogP contribution in [0, 0.1) is 0 Å². The summed E-state index contributed by atoms with van der Waals surface area (Å²) in [5.41, 5.74) is 2.07. The first kappa shape index (κ1) is 13.1. The number of carbonyl (C=O) groups is 1. The molecule has 8 nitrogen and oxygen atoms in total. The molecule has 1 unspecified atom stereocenters. The quantitative estimate of drug-likeness (QED) is 0.740. The highest BCUT2D eigenvalue weighted by atomic mass is 16.4. The predicted molar refractivity (Wildman–Crippen MR) is 75.7 cm³/mol. The number of aryl methyl sites for hydroxylation is 2. The highest BCUT2D eigenvalue weighted by Crippen LogP contribution is 2.24. The van der Waals surface area contributed by atoms with E-state index in [0.29, 0.717) is 16.9 Å². The average Bonchev–Trinajstić information content (AvgIpc) is 3.03. The number of hydrogen-bond donors (Lipinski definition) is 2. The number of aliphatic carboxylic acids is 1. The van der Waals surface area contributed by atoms with Crippen LogP contribution in [0.4, 0.5) is 5.82 Å². The Kier molecular flexibility index (Phi) is 3.05. The van der Waals surface area contributed by atoms with Crippen molar-refractivity contribution in [3.63, 3.8) is 0 Å². The largest absolute Gasteiger partial charge is 0.479 e. The van der Waals surface area contributed by atoms with Crippen molar-refractivity contribution < 1.29 is 9.90 Å². The standard InChI is InChI=1S/C13H14N6O2/c1-18-7-15-11-9(18)3-4-14-12(11)17-10(13(20)21)8-5-16-19(2)6-8/h3-7,10H,1-2H3,(H,14,17)(H,20,21). The van der Waals surface area contributed by atoms with Crippen molar-refractivity contribution in [2.45, 2.75) is 6.04 Å². The van der Waals surface area contributed by atoms with Gasteiger partial charge in [0.05, 0.1) is 18.0 Å². The van der Waals surface area contributed by atoms with Crippen LogP contribution < -0.4 is 5.32 Å². The molecule has 0 amide bonds. The molecule has 0 fully saturated rings. The van der Waals surface area contributed by atoms with E-state index < -0.39 is 12.0 Å². The molecule has 2 N–H and O–H groups in total. The molecule has 0 radical (unpaired) electrons. The van der Waals surface area contributed by atoms with E-state index >= 15 is 0 Å². The molecule has 3 heterocycles. The molecule has 3 rings (SSSR count). The zero-order valence-electron chi connectivity index (χ0n) is 11.6. The van der Waals surface area contributed by atoms with Crippen LogP contribution in [0.1, 0.15) is 11.6 Å². The van der Waals surface area contributed by atoms with E-state index in [4.69, 9.17) is 0 Å². The molecule has 108 valence electrons. The second kappa shape index (κ2) is 4.89. The third-order valence-electron chi connectivity index (χ3n) is 3.23. The van der Waals surface area contributed by atoms with Gasteiger partial charge in [0.15, 0.2) is 11.9 Å². The van der Waals surface area contributed by atoms with Gasteiger partial charge in [-0.2, -0.15) is 5.10 Å². The third kappa shape index (κ3) is 2.31. The van der Waals surface area contributed by atoms with Gasteiger partial charge in [-0.25, -0.2) is 14.8 Å². The van der Waals surface area contributed by atoms with Gasteiger partial charge in [-0.15, -0.1) is 0 Å². The molecule has 8 heteroatoms. The number of nitrogens with one attached hydrogen (secondary N) is 1. The summed E-state index contributed by atoms with van der Waals surface area (Å²) in [5.74, 6) is -0.568. The number of imidazole rings is 1. The van der Waals surface area contributed by atoms with Crippen LogP contribution in [-0.2, 0) is 18.9 Å². The van der Waals surface area contributed by atoms with Crippen LogP contribution >= 0.6 is 0 Å². The van der Waals surface area contributed by atoms with Crippen LogP contribution in [0.15, 0.2) is 31.0 Å². The van der Waals surface area contributed by atoms with Crippen molar-refractivity contribution in [1.82, 2.24) is 24.3 Å². The van der Waals surface area contributed by atoms with Crippen molar-refractivity contribution in [1.29, 1.82) is 0 Å². The van der Waals surface area contributed by atoms with Gasteiger partial charge in [-0.3, -0.25) is 4.68 Å². The summed E-state index contributed by atoms with van der Waals surface area (Å²) < 4.78 is 3.41. The maximum Gasteiger partial charge on any atom is 0.330 e. The maximum absolute atomic E-state index is 11.5. The monoisotopic (exact) mass is 286 g/mol. The topological polar surface area (TPSA) is 97.9 Å². The summed E-state index contributed by atoms with van der Waals surface area (Å²) in [4.78, 5) is 20.0. The molecule has 0 saturated heterocycles. The number of rotatable bonds is 4. The Morgan fingerprint density at radius 1 is 1.38 bits per heavy atom. The van der Waals surface area contributed by atoms with E-state index in [1.54, 1.807) is 30.5 Å². The van der Waals surface area contributed by atoms with E-state index in [1.807, 2.05) is 17.7 Å². The molecular weight excluding hydrogens is 272 g/mol. The minimum atomic E-state index is -1.00. The number of pyridine rings is 1. The van der Waals surface area contributed by atoms with Crippen LogP contribution in [-0.4, -0.2) is 35.4 Å². The Bertz CT molecular complexity index is 806. The molecule has 3 aromatic heterocycles. The fourth-order valence-corrected chi connectivity index (χ4v) is 2.18. The molecule has 0 aromatic carbocycles. The number of nitrogens with zero attached hydrogens (tertiary/aromatic N) is 5. The van der Waals surface area contributed by atoms with Crippen molar-refractivity contribution >= 4 is 22.8 Å². The van der Waals surface area contributed by atoms with Crippen LogP contribution in [0.2, 0.25) is 0 Å². The normalized spacial score (nSPS) is 12.5. The second-order valence-electron chi connectivity index (χ2n) is 4.75. The van der Waals surface area contributed by atoms with Crippen molar-refractivity contribution in [2.24, 2.45) is 14.1 Å². The summed E-state index contributed by atoms with van der Waals surface area (Å²) in [5, 5.41) is 16.3. The van der Waals surface area contributed by atoms with E-state index in [-0.39, 0.29) is 0 Å². The predicted octanol–water partition coefficient (Wildman–Crippen LogP) is 0.940. The molecule has 21 heavy (non-hydrogen) atoms. The Hall–Kier alpha value is -2.90. The van der Waals surface area contributed by atoms with Crippen molar-refractivity contribution in [2.75, 3.05) is 5.32 Å². The molecule has 0 bridgehead atoms. The molecule has 0 aliphatic heterocycles. The Morgan fingerprint density at radius 3 is 2.86 bits per heavy atom. The number of anilines is 1. The molecule has 0 spiro atoms. The number of carboxylic acids is 1. The fraction of sp³-hybridized carbons (Fsp3) is 0.231. The minimum absolute atomic E-state index is 0.435. The van der Waals surface area contributed by atoms with Gasteiger partial charge >= 0.3 is 5.97 Å². The average molecular weight is 286 g/mol. The molecule has 0 aliphatic carbocycles. The lowest BCUT2D eigenvalue weighted by Crippen LogP contribution is -2.20. The number of fused-ring (bicyclic) bond motifs is 1. The Labute approximate surface area is 120 Å². The Balaban J connectivity index is 2.00. The van der Waals surface area contributed by atoms with Gasteiger partial charge in [0, 0.05) is 32.1 Å². The van der Waals surface area contributed by atoms with Gasteiger partial charge in [0.25, 0.3) is 0 Å². The van der Waals surface area contributed by atoms with Gasteiger partial charge in [-0.1, -0.05) is 0 Å². The number of carboxylic acid groups (broad SMARTS) is 1. The summed E-state index contributed by atoms with van der Waals surface area (Å²) >= 11 is 0. The zero-order chi connectivity index (χ0) is 15.0. The number of aromatic nitrogens is 5. The van der Waals surface area contributed by atoms with Crippen LogP contribution in [0.25, 0.3) is 11.0 Å². The van der Waals surface area contributed by atoms with Crippen LogP contribution in [0.3, 0.4) is 0 Å². The van der Waals surface area contributed by atoms with E-state index in [0.717, 1.165) is 5.52 Å². The first-order valence-electron chi connectivity index (χ1n) is 6.30. The van der Waals surface area contributed by atoms with Gasteiger partial charge in [-0.05, 0) is 6.07 Å². The summed E-state index contributed by atoms with van der Waals surface area (Å²) in [7, 11) is 3.61. The lowest BCUT2D eigenvalue weighted by atomic mass is 10.1. The molecule has 0 saturated carbocycles. The van der Waals surface area contributed by atoms with E-state index in [1.165, 1.54) is 6.20 Å². The lowest BCUT2D eigenvalue weighted by Gasteiger charge is -2.13. The van der Waals surface area contributed by atoms with Gasteiger partial charge in [0.1, 0.15) is 5.52 Å².